The Morgan fingerprint density at radius 3 is 3.18 bits per heavy atom. The SMILES string of the molecule is O=CCOC(=O)C1CC12C=Nc1ccccc12. The molecule has 1 spiro atoms. The van der Waals surface area contributed by atoms with Crippen molar-refractivity contribution < 1.29 is 14.3 Å². The number of ether oxygens (including phenoxy) is 1. The first-order valence-corrected chi connectivity index (χ1v) is 5.53. The van der Waals surface area contributed by atoms with Crippen LogP contribution in [0.3, 0.4) is 0 Å². The highest BCUT2D eigenvalue weighted by Gasteiger charge is 2.61. The van der Waals surface area contributed by atoms with E-state index in [2.05, 4.69) is 4.99 Å². The molecule has 1 aromatic carbocycles. The molecular weight excluding hydrogens is 218 g/mol. The third-order valence-corrected chi connectivity index (χ3v) is 3.42. The highest BCUT2D eigenvalue weighted by Crippen LogP contribution is 2.58. The summed E-state index contributed by atoms with van der Waals surface area (Å²) < 4.78 is 4.85. The molecule has 3 rings (SSSR count). The number of aldehydes is 1. The summed E-state index contributed by atoms with van der Waals surface area (Å²) in [6, 6.07) is 7.81. The standard InChI is InChI=1S/C13H11NO3/c15-5-6-17-12(16)10-7-13(10)8-14-11-4-2-1-3-9(11)13/h1-5,8,10H,6-7H2. The second-order valence-electron chi connectivity index (χ2n) is 4.37. The van der Waals surface area contributed by atoms with Crippen LogP contribution in [0.4, 0.5) is 5.69 Å². The average molecular weight is 229 g/mol. The van der Waals surface area contributed by atoms with Crippen LogP contribution < -0.4 is 0 Å². The topological polar surface area (TPSA) is 55.7 Å². The van der Waals surface area contributed by atoms with E-state index in [1.54, 1.807) is 0 Å². The number of carbonyl (C=O) groups excluding carboxylic acids is 2. The maximum Gasteiger partial charge on any atom is 0.310 e. The minimum atomic E-state index is -0.305. The zero-order chi connectivity index (χ0) is 11.9. The van der Waals surface area contributed by atoms with Crippen LogP contribution in [0.15, 0.2) is 29.3 Å². The van der Waals surface area contributed by atoms with Gasteiger partial charge in [0.25, 0.3) is 0 Å². The van der Waals surface area contributed by atoms with Crippen LogP contribution in [0.2, 0.25) is 0 Å². The summed E-state index contributed by atoms with van der Waals surface area (Å²) in [5.41, 5.74) is 1.75. The van der Waals surface area contributed by atoms with Crippen LogP contribution in [0.5, 0.6) is 0 Å². The number of para-hydroxylation sites is 1. The fourth-order valence-corrected chi connectivity index (χ4v) is 2.46. The van der Waals surface area contributed by atoms with Crippen LogP contribution >= 0.6 is 0 Å². The number of rotatable bonds is 3. The van der Waals surface area contributed by atoms with Gasteiger partial charge in [0.2, 0.25) is 0 Å². The zero-order valence-electron chi connectivity index (χ0n) is 9.13. The Labute approximate surface area is 98.3 Å². The van der Waals surface area contributed by atoms with Crippen LogP contribution in [0.1, 0.15) is 12.0 Å². The fourth-order valence-electron chi connectivity index (χ4n) is 2.46. The second kappa shape index (κ2) is 3.52. The average Bonchev–Trinajstić information content (AvgIpc) is 2.98. The molecule has 1 aromatic rings. The van der Waals surface area contributed by atoms with Crippen LogP contribution in [-0.4, -0.2) is 25.1 Å². The van der Waals surface area contributed by atoms with E-state index in [9.17, 15) is 9.59 Å². The first-order chi connectivity index (χ1) is 8.28. The smallest absolute Gasteiger partial charge is 0.310 e. The van der Waals surface area contributed by atoms with Crippen molar-refractivity contribution in [1.82, 2.24) is 0 Å². The Morgan fingerprint density at radius 1 is 1.53 bits per heavy atom. The van der Waals surface area contributed by atoms with Gasteiger partial charge >= 0.3 is 5.97 Å². The van der Waals surface area contributed by atoms with Crippen LogP contribution in [0, 0.1) is 5.92 Å². The molecule has 0 amide bonds. The molecule has 1 heterocycles. The summed E-state index contributed by atoms with van der Waals surface area (Å²) in [4.78, 5) is 26.2. The lowest BCUT2D eigenvalue weighted by Crippen LogP contribution is -2.17. The number of benzene rings is 1. The third kappa shape index (κ3) is 1.40. The Bertz CT molecular complexity index is 523. The predicted molar refractivity (Wildman–Crippen MR) is 61.4 cm³/mol. The molecule has 1 fully saturated rings. The Morgan fingerprint density at radius 2 is 2.35 bits per heavy atom. The van der Waals surface area contributed by atoms with E-state index >= 15 is 0 Å². The molecule has 4 heteroatoms. The van der Waals surface area contributed by atoms with E-state index in [-0.39, 0.29) is 23.9 Å². The van der Waals surface area contributed by atoms with Crippen molar-refractivity contribution in [3.63, 3.8) is 0 Å². The number of fused-ring (bicyclic) bond motifs is 2. The van der Waals surface area contributed by atoms with Crippen molar-refractivity contribution in [1.29, 1.82) is 0 Å². The van der Waals surface area contributed by atoms with Crippen molar-refractivity contribution in [2.45, 2.75) is 11.8 Å². The molecule has 1 aliphatic carbocycles. The summed E-state index contributed by atoms with van der Waals surface area (Å²) >= 11 is 0. The van der Waals surface area contributed by atoms with E-state index in [1.165, 1.54) is 0 Å². The Kier molecular flexibility index (Phi) is 2.11. The molecule has 1 saturated carbocycles. The first kappa shape index (κ1) is 10.2. The zero-order valence-corrected chi connectivity index (χ0v) is 9.13. The lowest BCUT2D eigenvalue weighted by Gasteiger charge is -2.07. The molecule has 2 aliphatic rings. The van der Waals surface area contributed by atoms with Gasteiger partial charge in [-0.3, -0.25) is 14.6 Å². The monoisotopic (exact) mass is 229 g/mol. The molecule has 2 atom stereocenters. The minimum absolute atomic E-state index is 0.162. The summed E-state index contributed by atoms with van der Waals surface area (Å²) in [7, 11) is 0. The summed E-state index contributed by atoms with van der Waals surface area (Å²) in [6.45, 7) is -0.162. The van der Waals surface area contributed by atoms with E-state index in [0.29, 0.717) is 6.29 Å². The van der Waals surface area contributed by atoms with Gasteiger partial charge in [0.1, 0.15) is 6.61 Å². The number of hydrogen-bond acceptors (Lipinski definition) is 4. The highest BCUT2D eigenvalue weighted by molar-refractivity contribution is 5.97. The van der Waals surface area contributed by atoms with Gasteiger partial charge in [-0.05, 0) is 18.1 Å². The molecule has 4 nitrogen and oxygen atoms in total. The molecule has 17 heavy (non-hydrogen) atoms. The van der Waals surface area contributed by atoms with Crippen molar-refractivity contribution in [3.05, 3.63) is 29.8 Å². The van der Waals surface area contributed by atoms with Gasteiger partial charge in [0, 0.05) is 11.6 Å². The van der Waals surface area contributed by atoms with Crippen LogP contribution in [0.25, 0.3) is 0 Å². The molecule has 1 aliphatic heterocycles. The van der Waals surface area contributed by atoms with Gasteiger partial charge in [0.15, 0.2) is 6.29 Å². The van der Waals surface area contributed by atoms with E-state index in [1.807, 2.05) is 30.5 Å². The van der Waals surface area contributed by atoms with Crippen molar-refractivity contribution in [3.8, 4) is 0 Å². The number of aliphatic imine (C=N–C) groups is 1. The van der Waals surface area contributed by atoms with Crippen molar-refractivity contribution in [2.24, 2.45) is 10.9 Å². The lowest BCUT2D eigenvalue weighted by molar-refractivity contribution is -0.147. The Hall–Kier alpha value is -1.97. The maximum absolute atomic E-state index is 11.7. The first-order valence-electron chi connectivity index (χ1n) is 5.53. The van der Waals surface area contributed by atoms with Gasteiger partial charge < -0.3 is 4.74 Å². The Balaban J connectivity index is 1.82. The molecular formula is C13H11NO3. The molecule has 0 saturated heterocycles. The normalized spacial score (nSPS) is 27.9. The van der Waals surface area contributed by atoms with E-state index in [0.717, 1.165) is 17.7 Å². The van der Waals surface area contributed by atoms with Gasteiger partial charge in [-0.25, -0.2) is 0 Å². The summed E-state index contributed by atoms with van der Waals surface area (Å²) in [5.74, 6) is -0.491. The summed E-state index contributed by atoms with van der Waals surface area (Å²) in [6.07, 6.45) is 3.15. The van der Waals surface area contributed by atoms with E-state index < -0.39 is 0 Å². The molecule has 0 bridgehead atoms. The number of hydrogen-bond donors (Lipinski definition) is 0. The van der Waals surface area contributed by atoms with Crippen molar-refractivity contribution >= 4 is 24.2 Å². The second-order valence-corrected chi connectivity index (χ2v) is 4.37. The maximum atomic E-state index is 11.7. The number of carbonyl (C=O) groups is 2. The van der Waals surface area contributed by atoms with Gasteiger partial charge in [-0.15, -0.1) is 0 Å². The largest absolute Gasteiger partial charge is 0.458 e. The van der Waals surface area contributed by atoms with Crippen molar-refractivity contribution in [2.75, 3.05) is 6.61 Å². The van der Waals surface area contributed by atoms with Gasteiger partial charge in [-0.2, -0.15) is 0 Å². The fraction of sp³-hybridized carbons (Fsp3) is 0.308. The van der Waals surface area contributed by atoms with Crippen LogP contribution in [-0.2, 0) is 19.7 Å². The highest BCUT2D eigenvalue weighted by atomic mass is 16.5. The number of esters is 1. The van der Waals surface area contributed by atoms with E-state index in [4.69, 9.17) is 4.74 Å². The molecule has 0 radical (unpaired) electrons. The summed E-state index contributed by atoms with van der Waals surface area (Å²) in [5, 5.41) is 0. The quantitative estimate of drug-likeness (QED) is 0.581. The predicted octanol–water partition coefficient (Wildman–Crippen LogP) is 1.40. The van der Waals surface area contributed by atoms with Gasteiger partial charge in [-0.1, -0.05) is 18.2 Å². The molecule has 0 N–H and O–H groups in total. The van der Waals surface area contributed by atoms with Gasteiger partial charge in [0.05, 0.1) is 11.6 Å². The molecule has 2 unspecified atom stereocenters. The minimum Gasteiger partial charge on any atom is -0.458 e. The molecule has 0 aromatic heterocycles. The molecule has 86 valence electrons. The third-order valence-electron chi connectivity index (χ3n) is 3.42. The lowest BCUT2D eigenvalue weighted by atomic mass is 9.95. The number of nitrogens with zero attached hydrogens (tertiary/aromatic N) is 1.